The van der Waals surface area contributed by atoms with Crippen molar-refractivity contribution in [1.29, 1.82) is 0 Å². The molecule has 3 nitrogen and oxygen atoms in total. The average molecular weight is 262 g/mol. The quantitative estimate of drug-likeness (QED) is 0.766. The standard InChI is InChI=1S/C17H14N2O/c20-17(18-15-7-3-1-4-8-15)14-11-12-19(13-14)16-9-5-2-6-10-16/h1-13H,(H,18,20). The molecule has 1 N–H and O–H groups in total. The van der Waals surface area contributed by atoms with Crippen molar-refractivity contribution in [3.05, 3.63) is 84.7 Å². The summed E-state index contributed by atoms with van der Waals surface area (Å²) in [4.78, 5) is 12.1. The molecule has 0 aliphatic rings. The number of hydrogen-bond donors (Lipinski definition) is 1. The molecule has 1 heterocycles. The molecule has 3 heteroatoms. The predicted octanol–water partition coefficient (Wildman–Crippen LogP) is 3.73. The Balaban J connectivity index is 1.79. The number of benzene rings is 2. The monoisotopic (exact) mass is 262 g/mol. The highest BCUT2D eigenvalue weighted by atomic mass is 16.1. The van der Waals surface area contributed by atoms with E-state index in [-0.39, 0.29) is 5.91 Å². The minimum absolute atomic E-state index is 0.106. The molecule has 0 radical (unpaired) electrons. The summed E-state index contributed by atoms with van der Waals surface area (Å²) < 4.78 is 1.93. The molecule has 0 aliphatic carbocycles. The zero-order valence-electron chi connectivity index (χ0n) is 10.9. The Morgan fingerprint density at radius 2 is 1.50 bits per heavy atom. The van der Waals surface area contributed by atoms with Gasteiger partial charge in [-0.3, -0.25) is 4.79 Å². The zero-order valence-corrected chi connectivity index (χ0v) is 10.9. The van der Waals surface area contributed by atoms with E-state index in [1.165, 1.54) is 0 Å². The molecule has 0 fully saturated rings. The van der Waals surface area contributed by atoms with Gasteiger partial charge in [0.2, 0.25) is 0 Å². The third-order valence-electron chi connectivity index (χ3n) is 3.04. The molecule has 0 bridgehead atoms. The van der Waals surface area contributed by atoms with Crippen molar-refractivity contribution >= 4 is 11.6 Å². The van der Waals surface area contributed by atoms with Crippen molar-refractivity contribution in [2.45, 2.75) is 0 Å². The first-order valence-electron chi connectivity index (χ1n) is 6.43. The third kappa shape index (κ3) is 2.62. The number of para-hydroxylation sites is 2. The second-order valence-electron chi connectivity index (χ2n) is 4.46. The molecule has 1 aromatic heterocycles. The van der Waals surface area contributed by atoms with Crippen molar-refractivity contribution in [3.63, 3.8) is 0 Å². The summed E-state index contributed by atoms with van der Waals surface area (Å²) in [5.74, 6) is -0.106. The molecule has 0 atom stereocenters. The lowest BCUT2D eigenvalue weighted by Crippen LogP contribution is -2.10. The van der Waals surface area contributed by atoms with Crippen LogP contribution in [0.3, 0.4) is 0 Å². The van der Waals surface area contributed by atoms with Gasteiger partial charge in [0.15, 0.2) is 0 Å². The lowest BCUT2D eigenvalue weighted by atomic mass is 10.3. The third-order valence-corrected chi connectivity index (χ3v) is 3.04. The number of rotatable bonds is 3. The minimum Gasteiger partial charge on any atom is -0.323 e. The van der Waals surface area contributed by atoms with E-state index in [2.05, 4.69) is 5.32 Å². The SMILES string of the molecule is O=C(Nc1ccccc1)c1ccn(-c2ccccc2)c1. The molecule has 3 rings (SSSR count). The summed E-state index contributed by atoms with van der Waals surface area (Å²) >= 11 is 0. The maximum atomic E-state index is 12.1. The molecule has 0 saturated heterocycles. The van der Waals surface area contributed by atoms with Crippen LogP contribution in [0, 0.1) is 0 Å². The summed E-state index contributed by atoms with van der Waals surface area (Å²) in [6, 6.07) is 21.2. The maximum Gasteiger partial charge on any atom is 0.257 e. The van der Waals surface area contributed by atoms with E-state index < -0.39 is 0 Å². The van der Waals surface area contributed by atoms with Crippen LogP contribution in [0.5, 0.6) is 0 Å². The Morgan fingerprint density at radius 3 is 2.20 bits per heavy atom. The Morgan fingerprint density at radius 1 is 0.850 bits per heavy atom. The van der Waals surface area contributed by atoms with E-state index in [1.807, 2.05) is 83.7 Å². The highest BCUT2D eigenvalue weighted by Gasteiger charge is 2.08. The topological polar surface area (TPSA) is 34.0 Å². The number of nitrogens with one attached hydrogen (secondary N) is 1. The summed E-state index contributed by atoms with van der Waals surface area (Å²) in [6.07, 6.45) is 3.71. The van der Waals surface area contributed by atoms with E-state index in [0.717, 1.165) is 11.4 Å². The molecular formula is C17H14N2O. The molecule has 20 heavy (non-hydrogen) atoms. The fourth-order valence-corrected chi connectivity index (χ4v) is 2.02. The van der Waals surface area contributed by atoms with Crippen molar-refractivity contribution < 1.29 is 4.79 Å². The fourth-order valence-electron chi connectivity index (χ4n) is 2.02. The van der Waals surface area contributed by atoms with Crippen LogP contribution < -0.4 is 5.32 Å². The Bertz CT molecular complexity index is 702. The smallest absolute Gasteiger partial charge is 0.257 e. The van der Waals surface area contributed by atoms with Gasteiger partial charge in [0.05, 0.1) is 5.56 Å². The molecule has 0 unspecified atom stereocenters. The molecule has 3 aromatic rings. The lowest BCUT2D eigenvalue weighted by Gasteiger charge is -2.03. The second-order valence-corrected chi connectivity index (χ2v) is 4.46. The van der Waals surface area contributed by atoms with E-state index in [4.69, 9.17) is 0 Å². The van der Waals surface area contributed by atoms with Crippen LogP contribution in [0.25, 0.3) is 5.69 Å². The summed E-state index contributed by atoms with van der Waals surface area (Å²) in [5.41, 5.74) is 2.47. The van der Waals surface area contributed by atoms with E-state index in [9.17, 15) is 4.79 Å². The molecule has 0 saturated carbocycles. The Kier molecular flexibility index (Phi) is 3.33. The van der Waals surface area contributed by atoms with Gasteiger partial charge in [-0.1, -0.05) is 36.4 Å². The van der Waals surface area contributed by atoms with Crippen molar-refractivity contribution in [2.75, 3.05) is 5.32 Å². The second kappa shape index (κ2) is 5.45. The van der Waals surface area contributed by atoms with Crippen LogP contribution in [-0.2, 0) is 0 Å². The Hall–Kier alpha value is -2.81. The van der Waals surface area contributed by atoms with Gasteiger partial charge in [-0.2, -0.15) is 0 Å². The molecule has 1 amide bonds. The van der Waals surface area contributed by atoms with Gasteiger partial charge < -0.3 is 9.88 Å². The van der Waals surface area contributed by atoms with Gasteiger partial charge in [0.1, 0.15) is 0 Å². The first-order valence-corrected chi connectivity index (χ1v) is 6.43. The normalized spacial score (nSPS) is 10.2. The highest BCUT2D eigenvalue weighted by Crippen LogP contribution is 2.12. The summed E-state index contributed by atoms with van der Waals surface area (Å²) in [6.45, 7) is 0. The van der Waals surface area contributed by atoms with E-state index in [1.54, 1.807) is 0 Å². The number of aromatic nitrogens is 1. The van der Waals surface area contributed by atoms with Crippen LogP contribution >= 0.6 is 0 Å². The maximum absolute atomic E-state index is 12.1. The van der Waals surface area contributed by atoms with E-state index in [0.29, 0.717) is 5.56 Å². The fraction of sp³-hybridized carbons (Fsp3) is 0. The number of carbonyl (C=O) groups is 1. The van der Waals surface area contributed by atoms with Crippen molar-refractivity contribution in [3.8, 4) is 5.69 Å². The van der Waals surface area contributed by atoms with Crippen LogP contribution in [0.4, 0.5) is 5.69 Å². The van der Waals surface area contributed by atoms with E-state index >= 15 is 0 Å². The molecule has 2 aromatic carbocycles. The Labute approximate surface area is 117 Å². The number of carbonyl (C=O) groups excluding carboxylic acids is 1. The predicted molar refractivity (Wildman–Crippen MR) is 80.2 cm³/mol. The average Bonchev–Trinajstić information content (AvgIpc) is 2.99. The largest absolute Gasteiger partial charge is 0.323 e. The minimum atomic E-state index is -0.106. The molecule has 98 valence electrons. The number of amides is 1. The number of anilines is 1. The van der Waals surface area contributed by atoms with Crippen molar-refractivity contribution in [1.82, 2.24) is 4.57 Å². The van der Waals surface area contributed by atoms with Crippen LogP contribution in [0.2, 0.25) is 0 Å². The highest BCUT2D eigenvalue weighted by molar-refractivity contribution is 6.04. The van der Waals surface area contributed by atoms with Gasteiger partial charge in [-0.05, 0) is 30.3 Å². The summed E-state index contributed by atoms with van der Waals surface area (Å²) in [7, 11) is 0. The lowest BCUT2D eigenvalue weighted by molar-refractivity contribution is 0.102. The van der Waals surface area contributed by atoms with Crippen LogP contribution in [0.1, 0.15) is 10.4 Å². The zero-order chi connectivity index (χ0) is 13.8. The molecular weight excluding hydrogens is 248 g/mol. The van der Waals surface area contributed by atoms with Gasteiger partial charge in [0, 0.05) is 23.8 Å². The molecule has 0 aliphatic heterocycles. The van der Waals surface area contributed by atoms with Crippen molar-refractivity contribution in [2.24, 2.45) is 0 Å². The number of nitrogens with zero attached hydrogens (tertiary/aromatic N) is 1. The first kappa shape index (κ1) is 12.2. The van der Waals surface area contributed by atoms with Gasteiger partial charge in [-0.15, -0.1) is 0 Å². The van der Waals surface area contributed by atoms with Gasteiger partial charge in [-0.25, -0.2) is 0 Å². The van der Waals surface area contributed by atoms with Gasteiger partial charge >= 0.3 is 0 Å². The summed E-state index contributed by atoms with van der Waals surface area (Å²) in [5, 5.41) is 2.87. The molecule has 0 spiro atoms. The van der Waals surface area contributed by atoms with Gasteiger partial charge in [0.25, 0.3) is 5.91 Å². The number of hydrogen-bond acceptors (Lipinski definition) is 1. The first-order chi connectivity index (χ1) is 9.83. The van der Waals surface area contributed by atoms with Crippen LogP contribution in [0.15, 0.2) is 79.1 Å². The van der Waals surface area contributed by atoms with Crippen LogP contribution in [-0.4, -0.2) is 10.5 Å².